The van der Waals surface area contributed by atoms with Crippen molar-refractivity contribution >= 4 is 10.0 Å². The van der Waals surface area contributed by atoms with Gasteiger partial charge in [-0.15, -0.1) is 0 Å². The molecule has 0 aliphatic heterocycles. The Morgan fingerprint density at radius 3 is 2.83 bits per heavy atom. The third kappa shape index (κ3) is 3.54. The molecule has 0 spiro atoms. The highest BCUT2D eigenvalue weighted by atomic mass is 32.2. The molecule has 7 heteroatoms. The van der Waals surface area contributed by atoms with E-state index in [2.05, 4.69) is 9.88 Å². The summed E-state index contributed by atoms with van der Waals surface area (Å²) < 4.78 is 31.2. The molecule has 2 N–H and O–H groups in total. The van der Waals surface area contributed by atoms with Gasteiger partial charge < -0.3 is 9.63 Å². The van der Waals surface area contributed by atoms with Crippen molar-refractivity contribution in [1.82, 2.24) is 9.88 Å². The van der Waals surface area contributed by atoms with Crippen LogP contribution in [0.25, 0.3) is 0 Å². The van der Waals surface area contributed by atoms with Crippen LogP contribution in [0.2, 0.25) is 0 Å². The van der Waals surface area contributed by atoms with E-state index in [9.17, 15) is 13.5 Å². The quantitative estimate of drug-likeness (QED) is 0.843. The monoisotopic (exact) mass is 274 g/mol. The molecule has 1 aromatic rings. The molecule has 0 unspecified atom stereocenters. The Morgan fingerprint density at radius 2 is 2.22 bits per heavy atom. The first kappa shape index (κ1) is 13.5. The molecule has 1 fully saturated rings. The van der Waals surface area contributed by atoms with Gasteiger partial charge in [-0.1, -0.05) is 18.0 Å². The van der Waals surface area contributed by atoms with Crippen molar-refractivity contribution in [3.63, 3.8) is 0 Å². The van der Waals surface area contributed by atoms with Crippen molar-refractivity contribution in [2.75, 3.05) is 0 Å². The lowest BCUT2D eigenvalue weighted by Gasteiger charge is -2.27. The van der Waals surface area contributed by atoms with Crippen molar-refractivity contribution in [1.29, 1.82) is 0 Å². The molecule has 1 aliphatic rings. The molecule has 2 atom stereocenters. The van der Waals surface area contributed by atoms with Gasteiger partial charge in [0.1, 0.15) is 17.2 Å². The highest BCUT2D eigenvalue weighted by molar-refractivity contribution is 7.88. The summed E-state index contributed by atoms with van der Waals surface area (Å²) in [6.07, 6.45) is 2.62. The Hall–Kier alpha value is -0.920. The Balaban J connectivity index is 1.98. The zero-order valence-corrected chi connectivity index (χ0v) is 11.1. The first-order valence-electron chi connectivity index (χ1n) is 6.06. The smallest absolute Gasteiger partial charge is 0.217 e. The lowest BCUT2D eigenvalue weighted by atomic mass is 9.93. The van der Waals surface area contributed by atoms with E-state index >= 15 is 0 Å². The van der Waals surface area contributed by atoms with Crippen molar-refractivity contribution in [2.24, 2.45) is 0 Å². The Labute approximate surface area is 106 Å². The molecule has 6 nitrogen and oxygen atoms in total. The molecule has 2 rings (SSSR count). The Morgan fingerprint density at radius 1 is 1.50 bits per heavy atom. The van der Waals surface area contributed by atoms with Gasteiger partial charge in [0.25, 0.3) is 0 Å². The topological polar surface area (TPSA) is 92.4 Å². The summed E-state index contributed by atoms with van der Waals surface area (Å²) >= 11 is 0. The van der Waals surface area contributed by atoms with Gasteiger partial charge in [0.2, 0.25) is 10.0 Å². The molecule has 0 aromatic carbocycles. The van der Waals surface area contributed by atoms with Crippen LogP contribution in [-0.4, -0.2) is 30.8 Å². The van der Waals surface area contributed by atoms with Crippen molar-refractivity contribution < 1.29 is 18.0 Å². The van der Waals surface area contributed by atoms with E-state index in [0.717, 1.165) is 12.8 Å². The highest BCUT2D eigenvalue weighted by Gasteiger charge is 2.27. The minimum atomic E-state index is -3.49. The maximum Gasteiger partial charge on any atom is 0.217 e. The largest absolute Gasteiger partial charge is 0.391 e. The van der Waals surface area contributed by atoms with E-state index < -0.39 is 16.1 Å². The number of aromatic nitrogens is 1. The third-order valence-corrected chi connectivity index (χ3v) is 4.41. The van der Waals surface area contributed by atoms with Crippen molar-refractivity contribution in [2.45, 2.75) is 50.5 Å². The minimum Gasteiger partial charge on any atom is -0.391 e. The molecular formula is C11H18N2O4S. The number of nitrogens with zero attached hydrogens (tertiary/aromatic N) is 1. The van der Waals surface area contributed by atoms with E-state index in [1.54, 1.807) is 13.0 Å². The number of hydrogen-bond acceptors (Lipinski definition) is 5. The molecule has 1 saturated carbocycles. The fourth-order valence-electron chi connectivity index (χ4n) is 2.20. The first-order valence-corrected chi connectivity index (χ1v) is 7.72. The van der Waals surface area contributed by atoms with E-state index in [1.807, 2.05) is 0 Å². The van der Waals surface area contributed by atoms with Gasteiger partial charge in [0.15, 0.2) is 0 Å². The maximum atomic E-state index is 11.9. The summed E-state index contributed by atoms with van der Waals surface area (Å²) in [4.78, 5) is 0. The summed E-state index contributed by atoms with van der Waals surface area (Å²) in [5, 5.41) is 13.4. The predicted molar refractivity (Wildman–Crippen MR) is 65.3 cm³/mol. The van der Waals surface area contributed by atoms with Crippen molar-refractivity contribution in [3.8, 4) is 0 Å². The Kier molecular flexibility index (Phi) is 4.04. The maximum absolute atomic E-state index is 11.9. The molecular weight excluding hydrogens is 256 g/mol. The average Bonchev–Trinajstić information content (AvgIpc) is 2.66. The summed E-state index contributed by atoms with van der Waals surface area (Å²) in [6, 6.07) is 1.22. The summed E-state index contributed by atoms with van der Waals surface area (Å²) in [6.45, 7) is 1.71. The SMILES string of the molecule is Cc1cc(CS(=O)(=O)N[C@H]2CCCC[C@@H]2O)no1. The molecule has 0 saturated heterocycles. The minimum absolute atomic E-state index is 0.215. The van der Waals surface area contributed by atoms with E-state index in [0.29, 0.717) is 24.3 Å². The molecule has 1 aliphatic carbocycles. The zero-order valence-electron chi connectivity index (χ0n) is 10.3. The molecule has 18 heavy (non-hydrogen) atoms. The average molecular weight is 274 g/mol. The number of sulfonamides is 1. The lowest BCUT2D eigenvalue weighted by Crippen LogP contribution is -2.45. The number of aryl methyl sites for hydroxylation is 1. The van der Waals surface area contributed by atoms with Gasteiger partial charge in [-0.25, -0.2) is 13.1 Å². The van der Waals surface area contributed by atoms with Gasteiger partial charge in [-0.3, -0.25) is 0 Å². The number of aliphatic hydroxyl groups excluding tert-OH is 1. The summed E-state index contributed by atoms with van der Waals surface area (Å²) in [5.41, 5.74) is 0.380. The van der Waals surface area contributed by atoms with E-state index in [1.165, 1.54) is 0 Å². The molecule has 102 valence electrons. The molecule has 0 bridgehead atoms. The second-order valence-corrected chi connectivity index (χ2v) is 6.52. The highest BCUT2D eigenvalue weighted by Crippen LogP contribution is 2.19. The van der Waals surface area contributed by atoms with Gasteiger partial charge in [0, 0.05) is 12.1 Å². The molecule has 1 heterocycles. The number of nitrogens with one attached hydrogen (secondary N) is 1. The van der Waals surface area contributed by atoms with Crippen molar-refractivity contribution in [3.05, 3.63) is 17.5 Å². The van der Waals surface area contributed by atoms with Gasteiger partial charge >= 0.3 is 0 Å². The van der Waals surface area contributed by atoms with Crippen LogP contribution in [0.3, 0.4) is 0 Å². The summed E-state index contributed by atoms with van der Waals surface area (Å²) in [5.74, 6) is 0.367. The fourth-order valence-corrected chi connectivity index (χ4v) is 3.55. The number of rotatable bonds is 4. The molecule has 1 aromatic heterocycles. The normalized spacial score (nSPS) is 25.2. The molecule has 0 radical (unpaired) electrons. The van der Waals surface area contributed by atoms with Crippen LogP contribution in [0.15, 0.2) is 10.6 Å². The van der Waals surface area contributed by atoms with E-state index in [-0.39, 0.29) is 11.8 Å². The second-order valence-electron chi connectivity index (χ2n) is 4.76. The third-order valence-electron chi connectivity index (χ3n) is 3.08. The number of aliphatic hydroxyl groups is 1. The van der Waals surface area contributed by atoms with Crippen LogP contribution in [0.4, 0.5) is 0 Å². The van der Waals surface area contributed by atoms with Crippen LogP contribution in [0.5, 0.6) is 0 Å². The van der Waals surface area contributed by atoms with Gasteiger partial charge in [-0.2, -0.15) is 0 Å². The standard InChI is InChI=1S/C11H18N2O4S/c1-8-6-9(12-17-8)7-18(15,16)13-10-4-2-3-5-11(10)14/h6,10-11,13-14H,2-5,7H2,1H3/t10-,11-/m0/s1. The van der Waals surface area contributed by atoms with Crippen LogP contribution >= 0.6 is 0 Å². The van der Waals surface area contributed by atoms with Crippen LogP contribution in [-0.2, 0) is 15.8 Å². The van der Waals surface area contributed by atoms with Crippen LogP contribution < -0.4 is 4.72 Å². The zero-order chi connectivity index (χ0) is 13.2. The van der Waals surface area contributed by atoms with Gasteiger partial charge in [0.05, 0.1) is 6.10 Å². The van der Waals surface area contributed by atoms with E-state index in [4.69, 9.17) is 4.52 Å². The van der Waals surface area contributed by atoms with Crippen LogP contribution in [0.1, 0.15) is 37.1 Å². The second kappa shape index (κ2) is 5.38. The fraction of sp³-hybridized carbons (Fsp3) is 0.727. The van der Waals surface area contributed by atoms with Crippen LogP contribution in [0, 0.1) is 6.92 Å². The molecule has 0 amide bonds. The first-order chi connectivity index (χ1) is 8.46. The Bertz CT molecular complexity index is 497. The predicted octanol–water partition coefficient (Wildman–Crippen LogP) is 0.706. The summed E-state index contributed by atoms with van der Waals surface area (Å²) in [7, 11) is -3.49. The van der Waals surface area contributed by atoms with Gasteiger partial charge in [-0.05, 0) is 19.8 Å². The lowest BCUT2D eigenvalue weighted by molar-refractivity contribution is 0.101. The number of hydrogen-bond donors (Lipinski definition) is 2.